The van der Waals surface area contributed by atoms with Crippen molar-refractivity contribution in [2.75, 3.05) is 13.7 Å². The number of amides is 1. The first-order chi connectivity index (χ1) is 13.9. The van der Waals surface area contributed by atoms with Gasteiger partial charge in [-0.2, -0.15) is 0 Å². The van der Waals surface area contributed by atoms with Gasteiger partial charge < -0.3 is 20.9 Å². The summed E-state index contributed by atoms with van der Waals surface area (Å²) in [4.78, 5) is 12.6. The van der Waals surface area contributed by atoms with Gasteiger partial charge in [0.2, 0.25) is 0 Å². The zero-order valence-corrected chi connectivity index (χ0v) is 18.7. The Morgan fingerprint density at radius 2 is 1.86 bits per heavy atom. The fraction of sp³-hybridized carbons (Fsp3) is 0.409. The molecule has 2 aromatic carbocycles. The number of aromatic hydroxyl groups is 1. The standard InChI is InChI=1S/C21H25Cl2NO3.CH5N/c1-3-4-8-11-27-20-17(22)13-16(19(25)18(20)23)21(26)24-14(2)12-15-9-6-5-7-10-15;1-2/h5-7,9-10,13-14,25H,3-4,8,11-12H2,1-2H3,(H,24,26);2H2,1H3/t14-;/m1./s1. The predicted molar refractivity (Wildman–Crippen MR) is 120 cm³/mol. The first-order valence-corrected chi connectivity index (χ1v) is 10.5. The molecule has 0 spiro atoms. The monoisotopic (exact) mass is 440 g/mol. The van der Waals surface area contributed by atoms with E-state index in [0.717, 1.165) is 24.8 Å². The third-order valence-electron chi connectivity index (χ3n) is 4.15. The van der Waals surface area contributed by atoms with Crippen LogP contribution in [-0.4, -0.2) is 30.7 Å². The number of carbonyl (C=O) groups excluding carboxylic acids is 1. The largest absolute Gasteiger partial charge is 0.505 e. The Hall–Kier alpha value is -1.95. The van der Waals surface area contributed by atoms with Crippen molar-refractivity contribution in [3.63, 3.8) is 0 Å². The Morgan fingerprint density at radius 3 is 2.48 bits per heavy atom. The van der Waals surface area contributed by atoms with Gasteiger partial charge in [0.15, 0.2) is 11.5 Å². The summed E-state index contributed by atoms with van der Waals surface area (Å²) in [5.41, 5.74) is 5.65. The average Bonchev–Trinajstić information content (AvgIpc) is 2.72. The molecular formula is C22H30Cl2N2O3. The molecular weight excluding hydrogens is 411 g/mol. The van der Waals surface area contributed by atoms with E-state index < -0.39 is 5.91 Å². The molecule has 2 rings (SSSR count). The lowest BCUT2D eigenvalue weighted by molar-refractivity contribution is 0.0937. The van der Waals surface area contributed by atoms with Crippen LogP contribution in [0.25, 0.3) is 0 Å². The van der Waals surface area contributed by atoms with E-state index in [1.807, 2.05) is 37.3 Å². The molecule has 0 radical (unpaired) electrons. The number of unbranched alkanes of at least 4 members (excludes halogenated alkanes) is 2. The highest BCUT2D eigenvalue weighted by atomic mass is 35.5. The summed E-state index contributed by atoms with van der Waals surface area (Å²) < 4.78 is 5.59. The van der Waals surface area contributed by atoms with Gasteiger partial charge in [0, 0.05) is 6.04 Å². The fourth-order valence-corrected chi connectivity index (χ4v) is 3.31. The topological polar surface area (TPSA) is 84.6 Å². The van der Waals surface area contributed by atoms with Crippen LogP contribution in [0.4, 0.5) is 0 Å². The second-order valence-electron chi connectivity index (χ2n) is 6.52. The Kier molecular flexibility index (Phi) is 11.5. The van der Waals surface area contributed by atoms with E-state index in [0.29, 0.717) is 13.0 Å². The number of hydrogen-bond acceptors (Lipinski definition) is 4. The summed E-state index contributed by atoms with van der Waals surface area (Å²) in [6, 6.07) is 11.1. The molecule has 4 N–H and O–H groups in total. The molecule has 2 aromatic rings. The van der Waals surface area contributed by atoms with Gasteiger partial charge in [-0.15, -0.1) is 0 Å². The van der Waals surface area contributed by atoms with Crippen LogP contribution in [0.2, 0.25) is 10.0 Å². The van der Waals surface area contributed by atoms with E-state index in [1.54, 1.807) is 0 Å². The minimum Gasteiger partial charge on any atom is -0.505 e. The SMILES string of the molecule is CCCCCOc1c(Cl)cc(C(=O)N[C@H](C)Cc2ccccc2)c(O)c1Cl.CN. The van der Waals surface area contributed by atoms with Crippen molar-refractivity contribution in [2.24, 2.45) is 5.73 Å². The van der Waals surface area contributed by atoms with E-state index in [9.17, 15) is 9.90 Å². The molecule has 0 unspecified atom stereocenters. The zero-order valence-electron chi connectivity index (χ0n) is 17.2. The minimum atomic E-state index is -0.433. The third kappa shape index (κ3) is 7.77. The van der Waals surface area contributed by atoms with Crippen LogP contribution in [-0.2, 0) is 6.42 Å². The summed E-state index contributed by atoms with van der Waals surface area (Å²) >= 11 is 12.4. The van der Waals surface area contributed by atoms with Gasteiger partial charge in [0.05, 0.1) is 17.2 Å². The second kappa shape index (κ2) is 13.3. The number of nitrogens with two attached hydrogens (primary N) is 1. The van der Waals surface area contributed by atoms with Gasteiger partial charge in [0.1, 0.15) is 5.02 Å². The molecule has 7 heteroatoms. The van der Waals surface area contributed by atoms with Crippen molar-refractivity contribution in [1.29, 1.82) is 0 Å². The molecule has 5 nitrogen and oxygen atoms in total. The first kappa shape index (κ1) is 25.1. The maximum atomic E-state index is 12.6. The summed E-state index contributed by atoms with van der Waals surface area (Å²) in [6.07, 6.45) is 3.63. The molecule has 0 saturated carbocycles. The van der Waals surface area contributed by atoms with Crippen LogP contribution in [0.5, 0.6) is 11.5 Å². The average molecular weight is 441 g/mol. The number of hydrogen-bond donors (Lipinski definition) is 3. The number of ether oxygens (including phenoxy) is 1. The Morgan fingerprint density at radius 1 is 1.21 bits per heavy atom. The molecule has 0 aliphatic heterocycles. The molecule has 1 amide bonds. The zero-order chi connectivity index (χ0) is 21.8. The summed E-state index contributed by atoms with van der Waals surface area (Å²) in [6.45, 7) is 4.45. The van der Waals surface area contributed by atoms with Crippen molar-refractivity contribution in [3.8, 4) is 11.5 Å². The second-order valence-corrected chi connectivity index (χ2v) is 7.30. The van der Waals surface area contributed by atoms with Crippen LogP contribution in [0.3, 0.4) is 0 Å². The fourth-order valence-electron chi connectivity index (χ4n) is 2.74. The van der Waals surface area contributed by atoms with Crippen molar-refractivity contribution in [3.05, 3.63) is 57.6 Å². The Labute approximate surface area is 183 Å². The van der Waals surface area contributed by atoms with Gasteiger partial charge in [-0.05, 0) is 38.4 Å². The van der Waals surface area contributed by atoms with E-state index >= 15 is 0 Å². The Balaban J connectivity index is 0.00000204. The van der Waals surface area contributed by atoms with Gasteiger partial charge in [-0.25, -0.2) is 0 Å². The highest BCUT2D eigenvalue weighted by molar-refractivity contribution is 6.39. The molecule has 0 saturated heterocycles. The van der Waals surface area contributed by atoms with Crippen LogP contribution < -0.4 is 15.8 Å². The molecule has 0 fully saturated rings. The quantitative estimate of drug-likeness (QED) is 0.467. The van der Waals surface area contributed by atoms with Crippen molar-refractivity contribution < 1.29 is 14.6 Å². The smallest absolute Gasteiger partial charge is 0.255 e. The molecule has 29 heavy (non-hydrogen) atoms. The number of phenolic OH excluding ortho intramolecular Hbond substituents is 1. The normalized spacial score (nSPS) is 11.2. The molecule has 0 bridgehead atoms. The lowest BCUT2D eigenvalue weighted by Crippen LogP contribution is -2.34. The number of nitrogens with one attached hydrogen (secondary N) is 1. The van der Waals surface area contributed by atoms with Crippen molar-refractivity contribution >= 4 is 29.1 Å². The van der Waals surface area contributed by atoms with Crippen molar-refractivity contribution in [2.45, 2.75) is 45.6 Å². The van der Waals surface area contributed by atoms with Gasteiger partial charge in [0.25, 0.3) is 5.91 Å². The number of rotatable bonds is 9. The molecule has 160 valence electrons. The number of phenols is 1. The molecule has 0 aromatic heterocycles. The summed E-state index contributed by atoms with van der Waals surface area (Å²) in [5.74, 6) is -0.547. The first-order valence-electron chi connectivity index (χ1n) is 9.70. The predicted octanol–water partition coefficient (Wildman–Crippen LogP) is 5.20. The van der Waals surface area contributed by atoms with Crippen molar-refractivity contribution in [1.82, 2.24) is 5.32 Å². The number of benzene rings is 2. The van der Waals surface area contributed by atoms with E-state index in [4.69, 9.17) is 27.9 Å². The third-order valence-corrected chi connectivity index (χ3v) is 4.78. The van der Waals surface area contributed by atoms with E-state index in [1.165, 1.54) is 13.1 Å². The highest BCUT2D eigenvalue weighted by Gasteiger charge is 2.22. The lowest BCUT2D eigenvalue weighted by Gasteiger charge is -2.17. The number of halogens is 2. The highest BCUT2D eigenvalue weighted by Crippen LogP contribution is 2.42. The molecule has 0 heterocycles. The maximum Gasteiger partial charge on any atom is 0.255 e. The van der Waals surface area contributed by atoms with E-state index in [-0.39, 0.29) is 33.1 Å². The van der Waals surface area contributed by atoms with Gasteiger partial charge in [-0.3, -0.25) is 4.79 Å². The molecule has 0 aliphatic carbocycles. The summed E-state index contributed by atoms with van der Waals surface area (Å²) in [5, 5.41) is 13.4. The molecule has 0 aliphatic rings. The van der Waals surface area contributed by atoms with Crippen LogP contribution in [0.15, 0.2) is 36.4 Å². The van der Waals surface area contributed by atoms with Gasteiger partial charge in [-0.1, -0.05) is 73.3 Å². The number of carbonyl (C=O) groups is 1. The van der Waals surface area contributed by atoms with Crippen LogP contribution >= 0.6 is 23.2 Å². The van der Waals surface area contributed by atoms with Crippen LogP contribution in [0, 0.1) is 0 Å². The molecule has 1 atom stereocenters. The van der Waals surface area contributed by atoms with Gasteiger partial charge >= 0.3 is 0 Å². The van der Waals surface area contributed by atoms with E-state index in [2.05, 4.69) is 18.0 Å². The summed E-state index contributed by atoms with van der Waals surface area (Å²) in [7, 11) is 1.50. The lowest BCUT2D eigenvalue weighted by atomic mass is 10.1. The van der Waals surface area contributed by atoms with Crippen LogP contribution in [0.1, 0.15) is 49.0 Å². The Bertz CT molecular complexity index is 770. The minimum absolute atomic E-state index is 0.0332. The maximum absolute atomic E-state index is 12.6.